The maximum atomic E-state index is 9.27. The van der Waals surface area contributed by atoms with Gasteiger partial charge in [-0.25, -0.2) is 0 Å². The summed E-state index contributed by atoms with van der Waals surface area (Å²) in [5, 5.41) is 0. The molecule has 3 nitrogen and oxygen atoms in total. The van der Waals surface area contributed by atoms with Crippen LogP contribution in [0.25, 0.3) is 0 Å². The Labute approximate surface area is 38.3 Å². The van der Waals surface area contributed by atoms with Crippen LogP contribution in [-0.4, -0.2) is 29.7 Å². The van der Waals surface area contributed by atoms with Crippen molar-refractivity contribution in [1.82, 2.24) is 0 Å². The van der Waals surface area contributed by atoms with Crippen LogP contribution in [0.4, 0.5) is 0 Å². The monoisotopic (exact) mass is 106 g/mol. The molecule has 0 rings (SSSR count). The van der Waals surface area contributed by atoms with Crippen molar-refractivity contribution in [2.45, 2.75) is 0 Å². The minimum Gasteiger partial charge on any atom is -0.665 e. The van der Waals surface area contributed by atoms with Crippen LogP contribution < -0.4 is 0 Å². The van der Waals surface area contributed by atoms with Gasteiger partial charge < -0.3 is 12.1 Å². The van der Waals surface area contributed by atoms with E-state index in [0.29, 0.717) is 0 Å². The zero-order valence-electron chi connectivity index (χ0n) is 2.55. The summed E-state index contributed by atoms with van der Waals surface area (Å²) in [6.07, 6.45) is 0. The fraction of sp³-hybridized carbons (Fsp3) is 0. The van der Waals surface area contributed by atoms with Crippen molar-refractivity contribution in [3.63, 3.8) is 0 Å². The Morgan fingerprint density at radius 2 is 2.60 bits per heavy atom. The second kappa shape index (κ2) is 4.31. The zero-order valence-corrected chi connectivity index (χ0v) is 5.12. The summed E-state index contributed by atoms with van der Waals surface area (Å²) in [6.45, 7) is 0. The molecule has 0 unspecified atom stereocenters. The van der Waals surface area contributed by atoms with Crippen LogP contribution in [-0.2, 0) is 7.94 Å². The van der Waals surface area contributed by atoms with E-state index in [9.17, 15) is 4.46 Å². The first-order chi connectivity index (χ1) is 2.41. The highest BCUT2D eigenvalue weighted by Gasteiger charge is 1.80. The van der Waals surface area contributed by atoms with E-state index >= 15 is 0 Å². The van der Waals surface area contributed by atoms with Gasteiger partial charge >= 0.3 is 25.5 Å². The molecule has 0 aliphatic carbocycles. The molecule has 0 aromatic rings. The Morgan fingerprint density at radius 3 is 2.60 bits per heavy atom. The lowest BCUT2D eigenvalue weighted by Gasteiger charge is -1.78. The molecule has 0 aromatic carbocycles. The van der Waals surface area contributed by atoms with Crippen LogP contribution >= 0.6 is 0 Å². The van der Waals surface area contributed by atoms with Crippen molar-refractivity contribution >= 4 is 25.5 Å². The largest absolute Gasteiger partial charge is 0.724 e. The molecule has 0 aliphatic rings. The molecule has 5 heavy (non-hydrogen) atoms. The summed E-state index contributed by atoms with van der Waals surface area (Å²) < 4.78 is 21.1. The van der Waals surface area contributed by atoms with Crippen LogP contribution in [0.2, 0.25) is 0 Å². The smallest absolute Gasteiger partial charge is 0.665 e. The van der Waals surface area contributed by atoms with Gasteiger partial charge in [0.1, 0.15) is 0 Å². The molecule has 0 saturated heterocycles. The highest BCUT2D eigenvalue weighted by molar-refractivity contribution is 6.28. The quantitative estimate of drug-likeness (QED) is 0.412. The van der Waals surface area contributed by atoms with Crippen molar-refractivity contribution in [2.24, 2.45) is 0 Å². The second-order valence-corrected chi connectivity index (χ2v) is 2.18. The van der Waals surface area contributed by atoms with Crippen molar-refractivity contribution in [2.75, 3.05) is 0 Å². The molecule has 0 atom stereocenters. The van der Waals surface area contributed by atoms with E-state index in [1.54, 1.807) is 0 Å². The molecule has 0 bridgehead atoms. The average molecular weight is 106 g/mol. The maximum absolute atomic E-state index is 9.27. The Morgan fingerprint density at radius 1 is 2.00 bits per heavy atom. The van der Waals surface area contributed by atoms with Gasteiger partial charge in [0.15, 0.2) is 0 Å². The number of hydrogen-bond donors (Lipinski definition) is 1. The standard InChI is InChI=1S/Al.HO2Si.H2O.H/c;1-3-2;;/h;3H;1H2;/q+2;-1;;/p-1. The molecular formula is H3AlO3Si. The van der Waals surface area contributed by atoms with Gasteiger partial charge in [0.05, 0.1) is 0 Å². The molecule has 0 saturated carbocycles. The highest BCUT2D eigenvalue weighted by atomic mass is 28.2. The Bertz CT molecular complexity index is 28.1. The first kappa shape index (κ1) is 5.31. The third-order valence-electron chi connectivity index (χ3n) is 0.143. The van der Waals surface area contributed by atoms with Crippen LogP contribution in [0.5, 0.6) is 0 Å². The summed E-state index contributed by atoms with van der Waals surface area (Å²) in [7, 11) is -1.15. The Balaban J connectivity index is 2.40. The Hall–Kier alpha value is 0.309. The second-order valence-electron chi connectivity index (χ2n) is 0.392. The van der Waals surface area contributed by atoms with Crippen LogP contribution in [0.15, 0.2) is 0 Å². The minimum atomic E-state index is -1.36. The lowest BCUT2D eigenvalue weighted by molar-refractivity contribution is 0.431. The maximum Gasteiger partial charge on any atom is 0.724 e. The van der Waals surface area contributed by atoms with E-state index in [1.165, 1.54) is 0 Å². The molecule has 0 radical (unpaired) electrons. The fourth-order valence-electron chi connectivity index (χ4n) is 0.0304. The van der Waals surface area contributed by atoms with Crippen molar-refractivity contribution in [1.29, 1.82) is 0 Å². The first-order valence-electron chi connectivity index (χ1n) is 1.08. The molecule has 28 valence electrons. The van der Waals surface area contributed by atoms with Gasteiger partial charge in [-0.05, 0) is 0 Å². The third-order valence-corrected chi connectivity index (χ3v) is 1.28. The van der Waals surface area contributed by atoms with Gasteiger partial charge in [0.2, 0.25) is 0 Å². The molecule has 0 heterocycles. The van der Waals surface area contributed by atoms with Crippen LogP contribution in [0.3, 0.4) is 0 Å². The summed E-state index contributed by atoms with van der Waals surface area (Å²) in [6, 6.07) is 0. The lowest BCUT2D eigenvalue weighted by atomic mass is 15.8. The lowest BCUT2D eigenvalue weighted by Crippen LogP contribution is -1.93. The van der Waals surface area contributed by atoms with E-state index in [4.69, 9.17) is 4.16 Å². The molecular weight excluding hydrogens is 103 g/mol. The average Bonchev–Trinajstić information content (AvgIpc) is 1.41. The van der Waals surface area contributed by atoms with Crippen molar-refractivity contribution < 1.29 is 12.1 Å². The van der Waals surface area contributed by atoms with Gasteiger partial charge in [-0.2, -0.15) is 0 Å². The van der Waals surface area contributed by atoms with Gasteiger partial charge in [-0.3, -0.25) is 0 Å². The molecule has 1 N–H and O–H groups in total. The molecule has 0 aliphatic heterocycles. The van der Waals surface area contributed by atoms with Crippen molar-refractivity contribution in [3.8, 4) is 0 Å². The van der Waals surface area contributed by atoms with E-state index in [2.05, 4.69) is 3.48 Å². The normalized spacial score (nSPS) is 5.80. The van der Waals surface area contributed by atoms with E-state index in [-0.39, 0.29) is 0 Å². The van der Waals surface area contributed by atoms with Gasteiger partial charge in [0.25, 0.3) is 0 Å². The summed E-state index contributed by atoms with van der Waals surface area (Å²) in [5.74, 6) is 0. The fourth-order valence-corrected chi connectivity index (χ4v) is 0.274. The van der Waals surface area contributed by atoms with Gasteiger partial charge in [0, 0.05) is 0 Å². The van der Waals surface area contributed by atoms with E-state index in [1.807, 2.05) is 0 Å². The van der Waals surface area contributed by atoms with E-state index < -0.39 is 25.5 Å². The SMILES string of the molecule is O=[SiH][O][AlH][OH]. The summed E-state index contributed by atoms with van der Waals surface area (Å²) in [4.78, 5) is 0. The van der Waals surface area contributed by atoms with Crippen LogP contribution in [0.1, 0.15) is 0 Å². The first-order valence-corrected chi connectivity index (χ1v) is 3.23. The van der Waals surface area contributed by atoms with Gasteiger partial charge in [-0.15, -0.1) is 0 Å². The molecule has 0 aromatic heterocycles. The van der Waals surface area contributed by atoms with Crippen molar-refractivity contribution in [3.05, 3.63) is 0 Å². The summed E-state index contributed by atoms with van der Waals surface area (Å²) in [5.41, 5.74) is 0. The Kier molecular flexibility index (Phi) is 4.58. The van der Waals surface area contributed by atoms with Crippen LogP contribution in [0, 0.1) is 0 Å². The predicted molar refractivity (Wildman–Crippen MR) is 18.3 cm³/mol. The minimum absolute atomic E-state index is 1.15. The number of hydrogen-bond acceptors (Lipinski definition) is 3. The molecule has 5 heteroatoms. The van der Waals surface area contributed by atoms with Gasteiger partial charge in [-0.1, -0.05) is 0 Å². The highest BCUT2D eigenvalue weighted by Crippen LogP contribution is 1.43. The molecule has 0 fully saturated rings. The molecule has 0 spiro atoms. The third kappa shape index (κ3) is 4.31. The topological polar surface area (TPSA) is 46.5 Å². The zero-order chi connectivity index (χ0) is 4.12. The summed E-state index contributed by atoms with van der Waals surface area (Å²) >= 11 is -1.36. The predicted octanol–water partition coefficient (Wildman–Crippen LogP) is -2.04. The van der Waals surface area contributed by atoms with E-state index in [0.717, 1.165) is 0 Å². The number of rotatable bonds is 2. The molecule has 0 amide bonds.